The highest BCUT2D eigenvalue weighted by molar-refractivity contribution is 5.79. The van der Waals surface area contributed by atoms with E-state index in [-0.39, 0.29) is 6.29 Å². The van der Waals surface area contributed by atoms with Crippen LogP contribution in [-0.4, -0.2) is 46.9 Å². The number of rotatable bonds is 17. The minimum atomic E-state index is -0.122. The first kappa shape index (κ1) is 33.3. The van der Waals surface area contributed by atoms with Gasteiger partial charge in [0, 0.05) is 18.2 Å². The molecule has 0 radical (unpaired) electrons. The number of benzene rings is 4. The largest absolute Gasteiger partial charge is 0.493 e. The van der Waals surface area contributed by atoms with Gasteiger partial charge in [0.25, 0.3) is 0 Å². The van der Waals surface area contributed by atoms with Crippen LogP contribution >= 0.6 is 0 Å². The monoisotopic (exact) mass is 626 g/mol. The zero-order valence-electron chi connectivity index (χ0n) is 27.3. The van der Waals surface area contributed by atoms with Gasteiger partial charge in [-0.05, 0) is 72.1 Å². The molecule has 4 aromatic carbocycles. The maximum Gasteiger partial charge on any atom is 0.161 e. The molecular weight excluding hydrogens is 580 g/mol. The summed E-state index contributed by atoms with van der Waals surface area (Å²) >= 11 is 0. The highest BCUT2D eigenvalue weighted by Crippen LogP contribution is 2.44. The molecule has 0 bridgehead atoms. The Morgan fingerprint density at radius 1 is 0.674 bits per heavy atom. The first-order valence-corrected chi connectivity index (χ1v) is 16.3. The lowest BCUT2D eigenvalue weighted by atomic mass is 9.90. The normalized spacial score (nSPS) is 14.5. The van der Waals surface area contributed by atoms with E-state index in [0.717, 1.165) is 77.2 Å². The number of hydrogen-bond donors (Lipinski definition) is 0. The molecule has 0 amide bonds. The van der Waals surface area contributed by atoms with Crippen LogP contribution in [0, 0.1) is 0 Å². The van der Waals surface area contributed by atoms with E-state index in [2.05, 4.69) is 37.3 Å². The quantitative estimate of drug-likeness (QED) is 0.110. The van der Waals surface area contributed by atoms with Crippen molar-refractivity contribution in [3.05, 3.63) is 107 Å². The van der Waals surface area contributed by atoms with Crippen molar-refractivity contribution in [1.82, 2.24) is 0 Å². The third-order valence-electron chi connectivity index (χ3n) is 8.14. The van der Waals surface area contributed by atoms with Gasteiger partial charge in [-0.15, -0.1) is 0 Å². The van der Waals surface area contributed by atoms with Gasteiger partial charge in [-0.2, -0.15) is 0 Å². The van der Waals surface area contributed by atoms with Crippen LogP contribution in [0.4, 0.5) is 0 Å². The van der Waals surface area contributed by atoms with Crippen LogP contribution in [0.3, 0.4) is 0 Å². The Kier molecular flexibility index (Phi) is 12.8. The van der Waals surface area contributed by atoms with E-state index < -0.39 is 0 Å². The summed E-state index contributed by atoms with van der Waals surface area (Å²) in [4.78, 5) is 0. The molecule has 1 aliphatic rings. The average Bonchev–Trinajstić information content (AvgIpc) is 3.12. The van der Waals surface area contributed by atoms with Crippen LogP contribution in [-0.2, 0) is 40.3 Å². The van der Waals surface area contributed by atoms with Crippen LogP contribution in [0.25, 0.3) is 11.1 Å². The van der Waals surface area contributed by atoms with Crippen molar-refractivity contribution in [2.45, 2.75) is 58.5 Å². The van der Waals surface area contributed by atoms with Crippen LogP contribution in [0.1, 0.15) is 48.4 Å². The summed E-state index contributed by atoms with van der Waals surface area (Å²) in [5.41, 5.74) is 6.41. The highest BCUT2D eigenvalue weighted by Gasteiger charge is 2.22. The zero-order chi connectivity index (χ0) is 32.0. The summed E-state index contributed by atoms with van der Waals surface area (Å²) in [6, 6.07) is 28.5. The van der Waals surface area contributed by atoms with E-state index >= 15 is 0 Å². The molecule has 1 saturated heterocycles. The molecule has 0 aliphatic carbocycles. The molecule has 7 nitrogen and oxygen atoms in total. The fourth-order valence-electron chi connectivity index (χ4n) is 5.77. The topological polar surface area (TPSA) is 64.6 Å². The van der Waals surface area contributed by atoms with Gasteiger partial charge in [-0.3, -0.25) is 0 Å². The Hall–Kier alpha value is -4.04. The first-order chi connectivity index (χ1) is 22.7. The molecule has 7 heteroatoms. The zero-order valence-corrected chi connectivity index (χ0v) is 27.3. The van der Waals surface area contributed by atoms with Gasteiger partial charge in [-0.1, -0.05) is 73.7 Å². The van der Waals surface area contributed by atoms with Gasteiger partial charge < -0.3 is 33.2 Å². The highest BCUT2D eigenvalue weighted by atomic mass is 16.7. The molecule has 4 aromatic rings. The van der Waals surface area contributed by atoms with Crippen molar-refractivity contribution in [2.24, 2.45) is 0 Å². The third-order valence-corrected chi connectivity index (χ3v) is 8.14. The van der Waals surface area contributed by atoms with E-state index in [0.29, 0.717) is 51.0 Å². The molecule has 1 fully saturated rings. The fraction of sp³-hybridized carbons (Fsp3) is 0.385. The second kappa shape index (κ2) is 17.6. The van der Waals surface area contributed by atoms with E-state index in [9.17, 15) is 0 Å². The van der Waals surface area contributed by atoms with Gasteiger partial charge in [-0.25, -0.2) is 0 Å². The Morgan fingerprint density at radius 3 is 2.00 bits per heavy atom. The van der Waals surface area contributed by atoms with E-state index in [1.54, 1.807) is 14.2 Å². The average molecular weight is 627 g/mol. The number of hydrogen-bond acceptors (Lipinski definition) is 7. The van der Waals surface area contributed by atoms with Gasteiger partial charge in [0.1, 0.15) is 24.7 Å². The minimum absolute atomic E-state index is 0.122. The van der Waals surface area contributed by atoms with Gasteiger partial charge in [0.15, 0.2) is 17.8 Å². The van der Waals surface area contributed by atoms with Gasteiger partial charge in [0.2, 0.25) is 0 Å². The standard InChI is InChI=1S/C39H46O7/c1-4-32-33(20-22-42-23-24-44-38-17-11-12-21-43-38)39(31-18-19-34(40-2)36(25-31)41-3)37(46-28-30-15-9-6-10-16-30)26-35(32)45-27-29-13-7-5-8-14-29/h5-10,13-16,18-19,25-26,38H,4,11-12,17,20-24,27-28H2,1-3H3. The van der Waals surface area contributed by atoms with Crippen molar-refractivity contribution >= 4 is 0 Å². The molecule has 1 atom stereocenters. The summed E-state index contributed by atoms with van der Waals surface area (Å²) in [7, 11) is 3.30. The van der Waals surface area contributed by atoms with Crippen molar-refractivity contribution in [2.75, 3.05) is 40.6 Å². The second-order valence-electron chi connectivity index (χ2n) is 11.2. The SMILES string of the molecule is CCc1c(OCc2ccccc2)cc(OCc2ccccc2)c(-c2ccc(OC)c(OC)c2)c1CCOCCOC1CCCCO1. The summed E-state index contributed by atoms with van der Waals surface area (Å²) < 4.78 is 42.2. The Labute approximate surface area is 273 Å². The molecule has 1 aliphatic heterocycles. The molecule has 1 heterocycles. The van der Waals surface area contributed by atoms with Gasteiger partial charge in [0.05, 0.1) is 34.0 Å². The molecule has 0 saturated carbocycles. The predicted molar refractivity (Wildman–Crippen MR) is 180 cm³/mol. The van der Waals surface area contributed by atoms with E-state index in [1.807, 2.05) is 54.6 Å². The molecule has 5 rings (SSSR count). The fourth-order valence-corrected chi connectivity index (χ4v) is 5.77. The Bertz CT molecular complexity index is 1480. The molecule has 244 valence electrons. The Morgan fingerprint density at radius 2 is 1.37 bits per heavy atom. The van der Waals surface area contributed by atoms with Crippen LogP contribution in [0.2, 0.25) is 0 Å². The number of methoxy groups -OCH3 is 2. The van der Waals surface area contributed by atoms with Crippen molar-refractivity contribution in [3.63, 3.8) is 0 Å². The summed E-state index contributed by atoms with van der Waals surface area (Å²) in [5.74, 6) is 2.87. The lowest BCUT2D eigenvalue weighted by Crippen LogP contribution is -2.24. The van der Waals surface area contributed by atoms with Crippen LogP contribution in [0.5, 0.6) is 23.0 Å². The van der Waals surface area contributed by atoms with Crippen molar-refractivity contribution in [1.29, 1.82) is 0 Å². The smallest absolute Gasteiger partial charge is 0.161 e. The molecule has 1 unspecified atom stereocenters. The minimum Gasteiger partial charge on any atom is -0.493 e. The second-order valence-corrected chi connectivity index (χ2v) is 11.2. The number of ether oxygens (including phenoxy) is 7. The lowest BCUT2D eigenvalue weighted by molar-refractivity contribution is -0.168. The maximum atomic E-state index is 6.63. The summed E-state index contributed by atoms with van der Waals surface area (Å²) in [6.45, 7) is 5.31. The summed E-state index contributed by atoms with van der Waals surface area (Å²) in [6.07, 6.45) is 4.50. The Balaban J connectivity index is 1.48. The maximum absolute atomic E-state index is 6.63. The molecular formula is C39H46O7. The molecule has 46 heavy (non-hydrogen) atoms. The van der Waals surface area contributed by atoms with Crippen molar-refractivity contribution in [3.8, 4) is 34.1 Å². The predicted octanol–water partition coefficient (Wildman–Crippen LogP) is 8.19. The first-order valence-electron chi connectivity index (χ1n) is 16.3. The van der Waals surface area contributed by atoms with Crippen molar-refractivity contribution < 1.29 is 33.2 Å². The third kappa shape index (κ3) is 9.03. The lowest BCUT2D eigenvalue weighted by Gasteiger charge is -2.24. The molecule has 0 N–H and O–H groups in total. The molecule has 0 aromatic heterocycles. The van der Waals surface area contributed by atoms with Crippen LogP contribution in [0.15, 0.2) is 84.9 Å². The van der Waals surface area contributed by atoms with Crippen LogP contribution < -0.4 is 18.9 Å². The van der Waals surface area contributed by atoms with E-state index in [4.69, 9.17) is 33.2 Å². The summed E-state index contributed by atoms with van der Waals surface area (Å²) in [5, 5.41) is 0. The molecule has 0 spiro atoms. The van der Waals surface area contributed by atoms with Gasteiger partial charge >= 0.3 is 0 Å². The van der Waals surface area contributed by atoms with E-state index in [1.165, 1.54) is 0 Å².